The van der Waals surface area contributed by atoms with Crippen LogP contribution in [0.1, 0.15) is 45.7 Å². The zero-order valence-corrected chi connectivity index (χ0v) is 16.8. The van der Waals surface area contributed by atoms with Crippen LogP contribution in [0.15, 0.2) is 42.5 Å². The van der Waals surface area contributed by atoms with Crippen LogP contribution in [0.25, 0.3) is 0 Å². The van der Waals surface area contributed by atoms with Crippen LogP contribution in [0.5, 0.6) is 0 Å². The molecule has 2 rings (SSSR count). The van der Waals surface area contributed by atoms with Crippen molar-refractivity contribution in [3.8, 4) is 0 Å². The van der Waals surface area contributed by atoms with Crippen molar-refractivity contribution in [1.29, 1.82) is 0 Å². The quantitative estimate of drug-likeness (QED) is 0.749. The van der Waals surface area contributed by atoms with E-state index in [9.17, 15) is 14.4 Å². The number of benzene rings is 2. The van der Waals surface area contributed by atoms with Crippen molar-refractivity contribution in [3.05, 3.63) is 64.7 Å². The Morgan fingerprint density at radius 1 is 0.964 bits per heavy atom. The van der Waals surface area contributed by atoms with Gasteiger partial charge >= 0.3 is 5.97 Å². The van der Waals surface area contributed by atoms with Crippen molar-refractivity contribution < 1.29 is 19.1 Å². The molecule has 1 atom stereocenters. The molecule has 0 saturated heterocycles. The number of methoxy groups -OCH3 is 1. The second kappa shape index (κ2) is 9.17. The minimum Gasteiger partial charge on any atom is -0.465 e. The molecular formula is C22H26N2O4. The number of carbonyl (C=O) groups excluding carboxylic acids is 3. The highest BCUT2D eigenvalue weighted by molar-refractivity contribution is 6.02. The van der Waals surface area contributed by atoms with Crippen LogP contribution in [0.3, 0.4) is 0 Å². The van der Waals surface area contributed by atoms with Gasteiger partial charge in [0.05, 0.1) is 12.7 Å². The summed E-state index contributed by atoms with van der Waals surface area (Å²) >= 11 is 0. The Balaban J connectivity index is 2.18. The molecule has 2 aromatic rings. The fourth-order valence-electron chi connectivity index (χ4n) is 2.78. The van der Waals surface area contributed by atoms with Crippen molar-refractivity contribution in [2.45, 2.75) is 33.7 Å². The molecule has 0 aliphatic carbocycles. The lowest BCUT2D eigenvalue weighted by molar-refractivity contribution is -0.118. The Kier molecular flexibility index (Phi) is 6.93. The summed E-state index contributed by atoms with van der Waals surface area (Å²) in [6.07, 6.45) is 0. The van der Waals surface area contributed by atoms with Gasteiger partial charge in [-0.2, -0.15) is 0 Å². The maximum atomic E-state index is 12.8. The van der Waals surface area contributed by atoms with E-state index in [1.165, 1.54) is 7.11 Å². The largest absolute Gasteiger partial charge is 0.465 e. The second-order valence-electron chi connectivity index (χ2n) is 7.02. The number of hydrogen-bond donors (Lipinski definition) is 2. The Hall–Kier alpha value is -3.15. The van der Waals surface area contributed by atoms with Crippen LogP contribution in [-0.2, 0) is 9.53 Å². The smallest absolute Gasteiger partial charge is 0.338 e. The molecule has 28 heavy (non-hydrogen) atoms. The molecule has 2 N–H and O–H groups in total. The number of rotatable bonds is 6. The Morgan fingerprint density at radius 3 is 2.18 bits per heavy atom. The standard InChI is InChI=1S/C22H26N2O4/c1-13(2)19(24-20(25)16-11-9-14(3)10-12-16)21(26)23-18-8-6-7-17(15(18)4)22(27)28-5/h6-13,19H,1-5H3,(H,23,26)(H,24,25). The summed E-state index contributed by atoms with van der Waals surface area (Å²) in [5.41, 5.74) is 3.03. The van der Waals surface area contributed by atoms with Crippen LogP contribution in [0.4, 0.5) is 5.69 Å². The van der Waals surface area contributed by atoms with Gasteiger partial charge < -0.3 is 15.4 Å². The molecule has 0 spiro atoms. The molecule has 2 aromatic carbocycles. The molecular weight excluding hydrogens is 356 g/mol. The molecule has 0 radical (unpaired) electrons. The van der Waals surface area contributed by atoms with Gasteiger partial charge in [0.25, 0.3) is 5.91 Å². The van der Waals surface area contributed by atoms with Crippen LogP contribution in [0.2, 0.25) is 0 Å². The van der Waals surface area contributed by atoms with Crippen molar-refractivity contribution >= 4 is 23.5 Å². The molecule has 0 aliphatic heterocycles. The van der Waals surface area contributed by atoms with Gasteiger partial charge in [-0.15, -0.1) is 0 Å². The topological polar surface area (TPSA) is 84.5 Å². The Morgan fingerprint density at radius 2 is 1.61 bits per heavy atom. The van der Waals surface area contributed by atoms with Gasteiger partial charge in [0.15, 0.2) is 0 Å². The first-order chi connectivity index (χ1) is 13.2. The molecule has 0 fully saturated rings. The number of hydrogen-bond acceptors (Lipinski definition) is 4. The average Bonchev–Trinajstić information content (AvgIpc) is 2.67. The minimum absolute atomic E-state index is 0.126. The molecule has 148 valence electrons. The van der Waals surface area contributed by atoms with E-state index in [0.717, 1.165) is 5.56 Å². The number of ether oxygens (including phenoxy) is 1. The molecule has 2 amide bonds. The summed E-state index contributed by atoms with van der Waals surface area (Å²) in [5.74, 6) is -1.25. The predicted molar refractivity (Wildman–Crippen MR) is 108 cm³/mol. The third-order valence-corrected chi connectivity index (χ3v) is 4.55. The summed E-state index contributed by atoms with van der Waals surface area (Å²) in [6, 6.07) is 11.4. The molecule has 0 heterocycles. The molecule has 0 aliphatic rings. The fraction of sp³-hybridized carbons (Fsp3) is 0.318. The van der Waals surface area contributed by atoms with E-state index < -0.39 is 12.0 Å². The van der Waals surface area contributed by atoms with Crippen LogP contribution in [-0.4, -0.2) is 30.9 Å². The van der Waals surface area contributed by atoms with Crippen LogP contribution in [0, 0.1) is 19.8 Å². The summed E-state index contributed by atoms with van der Waals surface area (Å²) in [6.45, 7) is 7.39. The van der Waals surface area contributed by atoms with Gasteiger partial charge in [-0.25, -0.2) is 4.79 Å². The summed E-state index contributed by atoms with van der Waals surface area (Å²) in [7, 11) is 1.31. The van der Waals surface area contributed by atoms with E-state index in [0.29, 0.717) is 22.4 Å². The number of esters is 1. The maximum absolute atomic E-state index is 12.8. The van der Waals surface area contributed by atoms with E-state index in [1.807, 2.05) is 32.9 Å². The van der Waals surface area contributed by atoms with Crippen LogP contribution >= 0.6 is 0 Å². The molecule has 0 saturated carbocycles. The molecule has 0 bridgehead atoms. The summed E-state index contributed by atoms with van der Waals surface area (Å²) in [4.78, 5) is 37.2. The monoisotopic (exact) mass is 382 g/mol. The summed E-state index contributed by atoms with van der Waals surface area (Å²) in [5, 5.41) is 5.61. The number of nitrogens with one attached hydrogen (secondary N) is 2. The Labute approximate surface area is 165 Å². The first-order valence-corrected chi connectivity index (χ1v) is 9.11. The van der Waals surface area contributed by atoms with Crippen LogP contribution < -0.4 is 10.6 Å². The number of aryl methyl sites for hydroxylation is 1. The van der Waals surface area contributed by atoms with Gasteiger partial charge in [-0.1, -0.05) is 37.6 Å². The lowest BCUT2D eigenvalue weighted by Crippen LogP contribution is -2.47. The zero-order valence-electron chi connectivity index (χ0n) is 16.8. The van der Waals surface area contributed by atoms with E-state index in [-0.39, 0.29) is 17.7 Å². The van der Waals surface area contributed by atoms with E-state index >= 15 is 0 Å². The van der Waals surface area contributed by atoms with E-state index in [1.54, 1.807) is 37.3 Å². The molecule has 6 nitrogen and oxygen atoms in total. The fourth-order valence-corrected chi connectivity index (χ4v) is 2.78. The zero-order chi connectivity index (χ0) is 20.8. The highest BCUT2D eigenvalue weighted by Crippen LogP contribution is 2.20. The van der Waals surface area contributed by atoms with Crippen molar-refractivity contribution in [1.82, 2.24) is 5.32 Å². The molecule has 1 unspecified atom stereocenters. The first-order valence-electron chi connectivity index (χ1n) is 9.11. The van der Waals surface area contributed by atoms with E-state index in [2.05, 4.69) is 10.6 Å². The van der Waals surface area contributed by atoms with Crippen molar-refractivity contribution in [2.75, 3.05) is 12.4 Å². The summed E-state index contributed by atoms with van der Waals surface area (Å²) < 4.78 is 4.76. The number of carbonyl (C=O) groups is 3. The van der Waals surface area contributed by atoms with Gasteiger partial charge in [0.2, 0.25) is 5.91 Å². The average molecular weight is 382 g/mol. The number of amides is 2. The number of anilines is 1. The van der Waals surface area contributed by atoms with Crippen molar-refractivity contribution in [3.63, 3.8) is 0 Å². The lowest BCUT2D eigenvalue weighted by atomic mass is 10.0. The highest BCUT2D eigenvalue weighted by atomic mass is 16.5. The first kappa shape index (κ1) is 21.2. The SMILES string of the molecule is COC(=O)c1cccc(NC(=O)C(NC(=O)c2ccc(C)cc2)C(C)C)c1C. The second-order valence-corrected chi connectivity index (χ2v) is 7.02. The maximum Gasteiger partial charge on any atom is 0.338 e. The molecule has 0 aromatic heterocycles. The third kappa shape index (κ3) is 4.97. The van der Waals surface area contributed by atoms with E-state index in [4.69, 9.17) is 4.74 Å². The van der Waals surface area contributed by atoms with Gasteiger partial charge in [-0.3, -0.25) is 9.59 Å². The molecule has 6 heteroatoms. The van der Waals surface area contributed by atoms with Gasteiger partial charge in [-0.05, 0) is 49.6 Å². The Bertz CT molecular complexity index is 873. The van der Waals surface area contributed by atoms with Gasteiger partial charge in [0.1, 0.15) is 6.04 Å². The van der Waals surface area contributed by atoms with Gasteiger partial charge in [0, 0.05) is 11.3 Å². The normalized spacial score (nSPS) is 11.6. The third-order valence-electron chi connectivity index (χ3n) is 4.55. The predicted octanol–water partition coefficient (Wildman–Crippen LogP) is 3.48. The van der Waals surface area contributed by atoms with Crippen molar-refractivity contribution in [2.24, 2.45) is 5.92 Å². The highest BCUT2D eigenvalue weighted by Gasteiger charge is 2.25. The minimum atomic E-state index is -0.727. The lowest BCUT2D eigenvalue weighted by Gasteiger charge is -2.22.